The largest absolute Gasteiger partial charge is 0.284 e. The van der Waals surface area contributed by atoms with Gasteiger partial charge in [0.05, 0.1) is 17.4 Å². The molecule has 0 atom stereocenters. The lowest BCUT2D eigenvalue weighted by Gasteiger charge is -2.15. The zero-order valence-electron chi connectivity index (χ0n) is 13.4. The van der Waals surface area contributed by atoms with Gasteiger partial charge in [-0.1, -0.05) is 12.8 Å². The van der Waals surface area contributed by atoms with Crippen LogP contribution in [-0.4, -0.2) is 27.0 Å². The first-order valence-electron chi connectivity index (χ1n) is 8.61. The van der Waals surface area contributed by atoms with Crippen LogP contribution >= 0.6 is 0 Å². The fourth-order valence-electron chi connectivity index (χ4n) is 3.58. The van der Waals surface area contributed by atoms with E-state index in [-0.39, 0.29) is 0 Å². The van der Waals surface area contributed by atoms with Crippen molar-refractivity contribution in [1.82, 2.24) is 14.8 Å². The van der Waals surface area contributed by atoms with Gasteiger partial charge in [-0.25, -0.2) is 0 Å². The molecule has 0 aromatic carbocycles. The molecule has 118 valence electrons. The molecular weight excluding hydrogens is 284 g/mol. The molecule has 4 nitrogen and oxygen atoms in total. The quantitative estimate of drug-likeness (QED) is 0.858. The molecule has 0 unspecified atom stereocenters. The van der Waals surface area contributed by atoms with E-state index in [1.54, 1.807) is 6.20 Å². The zero-order chi connectivity index (χ0) is 15.5. The normalized spacial score (nSPS) is 20.9. The Bertz CT molecular complexity index is 721. The van der Waals surface area contributed by atoms with E-state index in [1.807, 2.05) is 12.3 Å². The molecule has 4 heteroatoms. The average molecular weight is 306 g/mol. The first-order chi connectivity index (χ1) is 11.4. The first kappa shape index (κ1) is 14.4. The average Bonchev–Trinajstić information content (AvgIpc) is 3.27. The van der Waals surface area contributed by atoms with Crippen LogP contribution < -0.4 is 0 Å². The van der Waals surface area contributed by atoms with Crippen LogP contribution in [0.3, 0.4) is 0 Å². The van der Waals surface area contributed by atoms with Crippen LogP contribution in [0.15, 0.2) is 47.4 Å². The molecule has 0 spiro atoms. The van der Waals surface area contributed by atoms with Crippen molar-refractivity contribution in [3.8, 4) is 0 Å². The molecule has 1 fully saturated rings. The second kappa shape index (κ2) is 6.49. The van der Waals surface area contributed by atoms with Crippen molar-refractivity contribution in [2.75, 3.05) is 6.54 Å². The Kier molecular flexibility index (Phi) is 4.05. The molecule has 4 rings (SSSR count). The molecule has 23 heavy (non-hydrogen) atoms. The Labute approximate surface area is 137 Å². The van der Waals surface area contributed by atoms with Crippen molar-refractivity contribution in [3.05, 3.63) is 53.6 Å². The third-order valence-electron chi connectivity index (χ3n) is 4.76. The molecule has 0 saturated heterocycles. The number of pyridine rings is 1. The van der Waals surface area contributed by atoms with Gasteiger partial charge >= 0.3 is 0 Å². The Morgan fingerprint density at radius 3 is 2.87 bits per heavy atom. The number of nitrogens with zero attached hydrogens (tertiary/aromatic N) is 4. The molecule has 1 aliphatic heterocycles. The minimum Gasteiger partial charge on any atom is -0.284 e. The molecule has 2 aromatic rings. The highest BCUT2D eigenvalue weighted by Gasteiger charge is 2.18. The molecule has 0 bridgehead atoms. The highest BCUT2D eigenvalue weighted by atomic mass is 15.3. The van der Waals surface area contributed by atoms with E-state index in [0.717, 1.165) is 36.4 Å². The number of rotatable bonds is 3. The second-order valence-corrected chi connectivity index (χ2v) is 6.40. The van der Waals surface area contributed by atoms with Gasteiger partial charge in [-0.3, -0.25) is 14.7 Å². The van der Waals surface area contributed by atoms with Gasteiger partial charge in [-0.15, -0.1) is 0 Å². The summed E-state index contributed by atoms with van der Waals surface area (Å²) in [6.07, 6.45) is 15.4. The maximum atomic E-state index is 4.78. The predicted molar refractivity (Wildman–Crippen MR) is 92.6 cm³/mol. The third-order valence-corrected chi connectivity index (χ3v) is 4.76. The van der Waals surface area contributed by atoms with Crippen LogP contribution in [0.25, 0.3) is 6.08 Å². The van der Waals surface area contributed by atoms with Crippen molar-refractivity contribution in [1.29, 1.82) is 0 Å². The first-order valence-corrected chi connectivity index (χ1v) is 8.61. The van der Waals surface area contributed by atoms with Gasteiger partial charge in [0.15, 0.2) is 0 Å². The molecule has 0 radical (unpaired) electrons. The summed E-state index contributed by atoms with van der Waals surface area (Å²) in [4.78, 5) is 8.97. The van der Waals surface area contributed by atoms with Crippen LogP contribution in [0.2, 0.25) is 0 Å². The van der Waals surface area contributed by atoms with Gasteiger partial charge < -0.3 is 0 Å². The molecule has 0 N–H and O–H groups in total. The molecule has 1 saturated carbocycles. The van der Waals surface area contributed by atoms with Gasteiger partial charge in [-0.2, -0.15) is 5.10 Å². The summed E-state index contributed by atoms with van der Waals surface area (Å²) in [7, 11) is 0. The van der Waals surface area contributed by atoms with Gasteiger partial charge in [0, 0.05) is 30.7 Å². The zero-order valence-corrected chi connectivity index (χ0v) is 13.4. The molecular formula is C19H22N4. The van der Waals surface area contributed by atoms with E-state index in [1.165, 1.54) is 31.3 Å². The standard InChI is InChI=1S/C19H22N4/c1-2-8-18(7-1)23-12-9-17(22-23)13-15-5-4-11-21-19(15)16-6-3-10-20-14-16/h3,6,9-10,12-14,18H,1-2,4-5,7-8,11H2/b15-13+. The molecule has 0 amide bonds. The van der Waals surface area contributed by atoms with Gasteiger partial charge in [0.2, 0.25) is 0 Å². The third kappa shape index (κ3) is 3.11. The maximum Gasteiger partial charge on any atom is 0.0854 e. The van der Waals surface area contributed by atoms with E-state index < -0.39 is 0 Å². The van der Waals surface area contributed by atoms with Gasteiger partial charge in [0.25, 0.3) is 0 Å². The topological polar surface area (TPSA) is 43.1 Å². The summed E-state index contributed by atoms with van der Waals surface area (Å²) < 4.78 is 2.16. The van der Waals surface area contributed by atoms with Crippen LogP contribution in [0.1, 0.15) is 55.8 Å². The van der Waals surface area contributed by atoms with E-state index in [4.69, 9.17) is 10.1 Å². The van der Waals surface area contributed by atoms with Crippen LogP contribution in [0, 0.1) is 0 Å². The number of aliphatic imine (C=N–C) groups is 1. The van der Waals surface area contributed by atoms with Gasteiger partial charge in [-0.05, 0) is 55.5 Å². The van der Waals surface area contributed by atoms with Crippen LogP contribution in [-0.2, 0) is 0 Å². The summed E-state index contributed by atoms with van der Waals surface area (Å²) in [5.41, 5.74) is 4.51. The fourth-order valence-corrected chi connectivity index (χ4v) is 3.58. The van der Waals surface area contributed by atoms with Crippen molar-refractivity contribution < 1.29 is 0 Å². The summed E-state index contributed by atoms with van der Waals surface area (Å²) >= 11 is 0. The lowest BCUT2D eigenvalue weighted by atomic mass is 9.96. The van der Waals surface area contributed by atoms with Crippen molar-refractivity contribution >= 4 is 11.8 Å². The summed E-state index contributed by atoms with van der Waals surface area (Å²) in [5, 5.41) is 4.78. The molecule has 2 aromatic heterocycles. The van der Waals surface area contributed by atoms with Crippen molar-refractivity contribution in [3.63, 3.8) is 0 Å². The minimum absolute atomic E-state index is 0.597. The Morgan fingerprint density at radius 1 is 1.13 bits per heavy atom. The smallest absolute Gasteiger partial charge is 0.0854 e. The van der Waals surface area contributed by atoms with Crippen LogP contribution in [0.5, 0.6) is 0 Å². The highest BCUT2D eigenvalue weighted by Crippen LogP contribution is 2.29. The number of aromatic nitrogens is 3. The Balaban J connectivity index is 1.61. The predicted octanol–water partition coefficient (Wildman–Crippen LogP) is 4.06. The minimum atomic E-state index is 0.597. The lowest BCUT2D eigenvalue weighted by Crippen LogP contribution is -2.12. The number of allylic oxidation sites excluding steroid dienone is 1. The van der Waals surface area contributed by atoms with Crippen LogP contribution in [0.4, 0.5) is 0 Å². The van der Waals surface area contributed by atoms with E-state index in [0.29, 0.717) is 6.04 Å². The summed E-state index contributed by atoms with van der Waals surface area (Å²) in [6, 6.07) is 6.78. The van der Waals surface area contributed by atoms with Crippen molar-refractivity contribution in [2.24, 2.45) is 4.99 Å². The molecule has 2 aliphatic rings. The van der Waals surface area contributed by atoms with E-state index >= 15 is 0 Å². The van der Waals surface area contributed by atoms with E-state index in [2.05, 4.69) is 34.1 Å². The van der Waals surface area contributed by atoms with Gasteiger partial charge in [0.1, 0.15) is 0 Å². The molecule has 1 aliphatic carbocycles. The SMILES string of the molecule is C(=C1/CCCN=C1c1cccnc1)/c1ccn(C2CCCC2)n1. The summed E-state index contributed by atoms with van der Waals surface area (Å²) in [6.45, 7) is 0.901. The van der Waals surface area contributed by atoms with E-state index in [9.17, 15) is 0 Å². The number of hydrogen-bond donors (Lipinski definition) is 0. The Morgan fingerprint density at radius 2 is 2.04 bits per heavy atom. The molecule has 3 heterocycles. The fraction of sp³-hybridized carbons (Fsp3) is 0.421. The monoisotopic (exact) mass is 306 g/mol. The van der Waals surface area contributed by atoms with Crippen molar-refractivity contribution in [2.45, 2.75) is 44.6 Å². The highest BCUT2D eigenvalue weighted by molar-refractivity contribution is 6.15. The number of hydrogen-bond acceptors (Lipinski definition) is 3. The lowest BCUT2D eigenvalue weighted by molar-refractivity contribution is 0.466. The summed E-state index contributed by atoms with van der Waals surface area (Å²) in [5.74, 6) is 0. The maximum absolute atomic E-state index is 4.78. The second-order valence-electron chi connectivity index (χ2n) is 6.40. The Hall–Kier alpha value is -2.23.